The molecule has 2 rings (SSSR count). The molecule has 0 fully saturated rings. The summed E-state index contributed by atoms with van der Waals surface area (Å²) in [6.45, 7) is 6.81. The topological polar surface area (TPSA) is 35.5 Å². The van der Waals surface area contributed by atoms with Crippen LogP contribution in [0.1, 0.15) is 32.6 Å². The molecule has 3 heteroatoms. The average Bonchev–Trinajstić information content (AvgIpc) is 2.46. The van der Waals surface area contributed by atoms with Crippen LogP contribution in [-0.2, 0) is 11.3 Å². The largest absolute Gasteiger partial charge is 0.489 e. The summed E-state index contributed by atoms with van der Waals surface area (Å²) in [4.78, 5) is 11.4. The molecule has 0 aromatic heterocycles. The first-order valence-corrected chi connectivity index (χ1v) is 6.89. The molecular formula is C18H20O3. The zero-order valence-electron chi connectivity index (χ0n) is 12.9. The Hall–Kier alpha value is -2.29. The molecule has 110 valence electrons. The molecule has 2 aromatic carbocycles. The number of ether oxygens (including phenoxy) is 2. The van der Waals surface area contributed by atoms with Gasteiger partial charge in [-0.3, -0.25) is 0 Å². The van der Waals surface area contributed by atoms with Crippen LogP contribution in [0, 0.1) is 20.8 Å². The van der Waals surface area contributed by atoms with E-state index in [-0.39, 0.29) is 5.97 Å². The first-order valence-electron chi connectivity index (χ1n) is 6.89. The minimum atomic E-state index is -0.341. The minimum Gasteiger partial charge on any atom is -0.489 e. The van der Waals surface area contributed by atoms with Gasteiger partial charge in [0.1, 0.15) is 12.4 Å². The van der Waals surface area contributed by atoms with E-state index >= 15 is 0 Å². The van der Waals surface area contributed by atoms with Gasteiger partial charge in [-0.25, -0.2) is 4.79 Å². The third-order valence-corrected chi connectivity index (χ3v) is 3.50. The molecule has 0 N–H and O–H groups in total. The second-order valence-corrected chi connectivity index (χ2v) is 5.18. The second-order valence-electron chi connectivity index (χ2n) is 5.18. The standard InChI is InChI=1S/C18H20O3/c1-12-9-13(2)17(14(3)10-12)11-21-16-7-5-15(6-8-16)18(19)20-4/h5-10H,11H2,1-4H3. The van der Waals surface area contributed by atoms with Gasteiger partial charge in [-0.2, -0.15) is 0 Å². The number of carbonyl (C=O) groups excluding carboxylic acids is 1. The third kappa shape index (κ3) is 3.63. The van der Waals surface area contributed by atoms with E-state index < -0.39 is 0 Å². The molecular weight excluding hydrogens is 264 g/mol. The summed E-state index contributed by atoms with van der Waals surface area (Å²) in [6.07, 6.45) is 0. The van der Waals surface area contributed by atoms with Gasteiger partial charge in [-0.05, 0) is 61.7 Å². The van der Waals surface area contributed by atoms with Crippen molar-refractivity contribution in [2.24, 2.45) is 0 Å². The molecule has 0 aliphatic carbocycles. The number of esters is 1. The number of rotatable bonds is 4. The van der Waals surface area contributed by atoms with Crippen LogP contribution in [0.25, 0.3) is 0 Å². The SMILES string of the molecule is COC(=O)c1ccc(OCc2c(C)cc(C)cc2C)cc1. The van der Waals surface area contributed by atoms with Crippen LogP contribution in [-0.4, -0.2) is 13.1 Å². The molecule has 0 radical (unpaired) electrons. The van der Waals surface area contributed by atoms with Gasteiger partial charge < -0.3 is 9.47 Å². The van der Waals surface area contributed by atoms with Crippen molar-refractivity contribution in [1.82, 2.24) is 0 Å². The van der Waals surface area contributed by atoms with Crippen molar-refractivity contribution in [3.8, 4) is 5.75 Å². The van der Waals surface area contributed by atoms with Crippen molar-refractivity contribution < 1.29 is 14.3 Å². The van der Waals surface area contributed by atoms with Crippen LogP contribution in [0.15, 0.2) is 36.4 Å². The Morgan fingerprint density at radius 3 is 2.10 bits per heavy atom. The summed E-state index contributed by atoms with van der Waals surface area (Å²) >= 11 is 0. The predicted octanol–water partition coefficient (Wildman–Crippen LogP) is 3.98. The van der Waals surface area contributed by atoms with Gasteiger partial charge in [0.2, 0.25) is 0 Å². The molecule has 0 atom stereocenters. The molecule has 0 aliphatic rings. The lowest BCUT2D eigenvalue weighted by atomic mass is 10.0. The summed E-state index contributed by atoms with van der Waals surface area (Å²) in [6, 6.07) is 11.3. The Balaban J connectivity index is 2.08. The number of carbonyl (C=O) groups is 1. The van der Waals surface area contributed by atoms with Crippen molar-refractivity contribution >= 4 is 5.97 Å². The van der Waals surface area contributed by atoms with Gasteiger partial charge in [-0.15, -0.1) is 0 Å². The first-order chi connectivity index (χ1) is 10.0. The van der Waals surface area contributed by atoms with Gasteiger partial charge >= 0.3 is 5.97 Å². The molecule has 0 heterocycles. The van der Waals surface area contributed by atoms with Crippen LogP contribution in [0.3, 0.4) is 0 Å². The van der Waals surface area contributed by atoms with E-state index in [1.165, 1.54) is 29.4 Å². The minimum absolute atomic E-state index is 0.341. The van der Waals surface area contributed by atoms with Crippen molar-refractivity contribution in [2.75, 3.05) is 7.11 Å². The Bertz CT molecular complexity index is 619. The number of hydrogen-bond donors (Lipinski definition) is 0. The molecule has 0 unspecified atom stereocenters. The van der Waals surface area contributed by atoms with Gasteiger partial charge in [0.15, 0.2) is 0 Å². The average molecular weight is 284 g/mol. The maximum atomic E-state index is 11.4. The molecule has 3 nitrogen and oxygen atoms in total. The molecule has 0 bridgehead atoms. The van der Waals surface area contributed by atoms with Crippen LogP contribution in [0.5, 0.6) is 5.75 Å². The Morgan fingerprint density at radius 2 is 1.57 bits per heavy atom. The van der Waals surface area contributed by atoms with Crippen molar-refractivity contribution in [1.29, 1.82) is 0 Å². The van der Waals surface area contributed by atoms with E-state index in [0.29, 0.717) is 12.2 Å². The summed E-state index contributed by atoms with van der Waals surface area (Å²) in [5, 5.41) is 0. The van der Waals surface area contributed by atoms with Crippen LogP contribution in [0.4, 0.5) is 0 Å². The van der Waals surface area contributed by atoms with E-state index in [0.717, 1.165) is 5.75 Å². The maximum absolute atomic E-state index is 11.4. The summed E-state index contributed by atoms with van der Waals surface area (Å²) in [7, 11) is 1.37. The number of benzene rings is 2. The number of methoxy groups -OCH3 is 1. The highest BCUT2D eigenvalue weighted by Crippen LogP contribution is 2.20. The molecule has 21 heavy (non-hydrogen) atoms. The Labute approximate surface area is 125 Å². The fourth-order valence-electron chi connectivity index (χ4n) is 2.40. The Morgan fingerprint density at radius 1 is 1.00 bits per heavy atom. The van der Waals surface area contributed by atoms with Gasteiger partial charge in [-0.1, -0.05) is 17.7 Å². The van der Waals surface area contributed by atoms with Crippen LogP contribution in [0.2, 0.25) is 0 Å². The quantitative estimate of drug-likeness (QED) is 0.797. The molecule has 0 saturated heterocycles. The normalized spacial score (nSPS) is 10.3. The van der Waals surface area contributed by atoms with Gasteiger partial charge in [0.25, 0.3) is 0 Å². The highest BCUT2D eigenvalue weighted by Gasteiger charge is 2.07. The zero-order valence-corrected chi connectivity index (χ0v) is 12.9. The van der Waals surface area contributed by atoms with Gasteiger partial charge in [0.05, 0.1) is 12.7 Å². The van der Waals surface area contributed by atoms with Crippen LogP contribution < -0.4 is 4.74 Å². The van der Waals surface area contributed by atoms with E-state index in [4.69, 9.17) is 4.74 Å². The second kappa shape index (κ2) is 6.44. The fourth-order valence-corrected chi connectivity index (χ4v) is 2.40. The van der Waals surface area contributed by atoms with E-state index in [1.807, 2.05) is 0 Å². The molecule has 0 spiro atoms. The lowest BCUT2D eigenvalue weighted by molar-refractivity contribution is 0.0600. The zero-order chi connectivity index (χ0) is 15.4. The maximum Gasteiger partial charge on any atom is 0.337 e. The van der Waals surface area contributed by atoms with E-state index in [2.05, 4.69) is 37.6 Å². The highest BCUT2D eigenvalue weighted by atomic mass is 16.5. The van der Waals surface area contributed by atoms with Gasteiger partial charge in [0, 0.05) is 0 Å². The lowest BCUT2D eigenvalue weighted by Crippen LogP contribution is -2.03. The lowest BCUT2D eigenvalue weighted by Gasteiger charge is -2.13. The monoisotopic (exact) mass is 284 g/mol. The first kappa shape index (κ1) is 15.1. The summed E-state index contributed by atoms with van der Waals surface area (Å²) in [5.41, 5.74) is 5.46. The molecule has 0 amide bonds. The van der Waals surface area contributed by atoms with E-state index in [9.17, 15) is 4.79 Å². The summed E-state index contributed by atoms with van der Waals surface area (Å²) < 4.78 is 10.5. The molecule has 0 saturated carbocycles. The fraction of sp³-hybridized carbons (Fsp3) is 0.278. The third-order valence-electron chi connectivity index (χ3n) is 3.50. The highest BCUT2D eigenvalue weighted by molar-refractivity contribution is 5.89. The number of hydrogen-bond acceptors (Lipinski definition) is 3. The van der Waals surface area contributed by atoms with Crippen molar-refractivity contribution in [3.05, 3.63) is 64.2 Å². The molecule has 0 aliphatic heterocycles. The predicted molar refractivity (Wildman–Crippen MR) is 82.8 cm³/mol. The Kier molecular flexibility index (Phi) is 4.63. The smallest absolute Gasteiger partial charge is 0.337 e. The summed E-state index contributed by atoms with van der Waals surface area (Å²) in [5.74, 6) is 0.397. The van der Waals surface area contributed by atoms with Crippen LogP contribution >= 0.6 is 0 Å². The van der Waals surface area contributed by atoms with Crippen molar-refractivity contribution in [2.45, 2.75) is 27.4 Å². The van der Waals surface area contributed by atoms with Crippen molar-refractivity contribution in [3.63, 3.8) is 0 Å². The van der Waals surface area contributed by atoms with E-state index in [1.54, 1.807) is 24.3 Å². The molecule has 2 aromatic rings. The number of aryl methyl sites for hydroxylation is 3.